The Morgan fingerprint density at radius 1 is 1.11 bits per heavy atom. The van der Waals surface area contributed by atoms with Crippen LogP contribution in [0.2, 0.25) is 0 Å². The van der Waals surface area contributed by atoms with E-state index in [0.29, 0.717) is 12.4 Å². The zero-order chi connectivity index (χ0) is 18.8. The molecule has 5 nitrogen and oxygen atoms in total. The van der Waals surface area contributed by atoms with Crippen molar-refractivity contribution < 1.29 is 4.79 Å². The van der Waals surface area contributed by atoms with Crippen molar-refractivity contribution in [2.24, 2.45) is 0 Å². The number of hydrogen-bond acceptors (Lipinski definition) is 3. The van der Waals surface area contributed by atoms with Crippen molar-refractivity contribution in [3.8, 4) is 11.4 Å². The smallest absolute Gasteiger partial charge is 0.253 e. The van der Waals surface area contributed by atoms with Crippen molar-refractivity contribution in [2.75, 3.05) is 13.1 Å². The fraction of sp³-hybridized carbons (Fsp3) is 0.318. The third-order valence-electron chi connectivity index (χ3n) is 5.10. The van der Waals surface area contributed by atoms with Crippen LogP contribution in [-0.4, -0.2) is 39.1 Å². The maximum absolute atomic E-state index is 13.0. The predicted molar refractivity (Wildman–Crippen MR) is 106 cm³/mol. The summed E-state index contributed by atoms with van der Waals surface area (Å²) in [7, 11) is 0. The van der Waals surface area contributed by atoms with Gasteiger partial charge in [0.2, 0.25) is 0 Å². The topological polar surface area (TPSA) is 61.9 Å². The van der Waals surface area contributed by atoms with E-state index >= 15 is 0 Å². The molecule has 1 amide bonds. The molecule has 2 heterocycles. The van der Waals surface area contributed by atoms with Crippen molar-refractivity contribution in [3.63, 3.8) is 0 Å². The van der Waals surface area contributed by atoms with Gasteiger partial charge in [0.15, 0.2) is 5.82 Å². The number of aromatic amines is 1. The van der Waals surface area contributed by atoms with E-state index in [2.05, 4.69) is 16.3 Å². The molecule has 0 aliphatic carbocycles. The van der Waals surface area contributed by atoms with E-state index in [-0.39, 0.29) is 11.8 Å². The number of likely N-dealkylation sites (tertiary alicyclic amines) is 1. The van der Waals surface area contributed by atoms with Gasteiger partial charge < -0.3 is 4.90 Å². The molecule has 0 bridgehead atoms. The van der Waals surface area contributed by atoms with E-state index in [0.717, 1.165) is 47.5 Å². The summed E-state index contributed by atoms with van der Waals surface area (Å²) in [5, 5.41) is 7.47. The van der Waals surface area contributed by atoms with Gasteiger partial charge in [-0.05, 0) is 38.8 Å². The summed E-state index contributed by atoms with van der Waals surface area (Å²) in [4.78, 5) is 19.6. The summed E-state index contributed by atoms with van der Waals surface area (Å²) in [5.41, 5.74) is 4.01. The summed E-state index contributed by atoms with van der Waals surface area (Å²) >= 11 is 0. The molecule has 1 aliphatic rings. The SMILES string of the molecule is Cc1cc(C)cc(C(=O)N2CCCC(c3nc(-c4ccccc4)n[nH]3)C2)c1. The average Bonchev–Trinajstić information content (AvgIpc) is 3.18. The molecule has 5 heteroatoms. The Kier molecular flexibility index (Phi) is 4.75. The number of aryl methyl sites for hydroxylation is 2. The van der Waals surface area contributed by atoms with Crippen LogP contribution in [0.4, 0.5) is 0 Å². The maximum Gasteiger partial charge on any atom is 0.253 e. The second-order valence-electron chi connectivity index (χ2n) is 7.38. The molecule has 0 radical (unpaired) electrons. The van der Waals surface area contributed by atoms with Gasteiger partial charge in [-0.1, -0.05) is 47.5 Å². The minimum atomic E-state index is 0.106. The zero-order valence-electron chi connectivity index (χ0n) is 15.8. The lowest BCUT2D eigenvalue weighted by atomic mass is 9.96. The van der Waals surface area contributed by atoms with E-state index in [9.17, 15) is 4.79 Å². The highest BCUT2D eigenvalue weighted by Gasteiger charge is 2.27. The Morgan fingerprint density at radius 3 is 2.59 bits per heavy atom. The first kappa shape index (κ1) is 17.5. The van der Waals surface area contributed by atoms with E-state index in [4.69, 9.17) is 4.98 Å². The van der Waals surface area contributed by atoms with Gasteiger partial charge in [0.25, 0.3) is 5.91 Å². The number of amides is 1. The van der Waals surface area contributed by atoms with E-state index in [1.54, 1.807) is 0 Å². The Morgan fingerprint density at radius 2 is 1.85 bits per heavy atom. The number of carbonyl (C=O) groups is 1. The number of nitrogens with zero attached hydrogens (tertiary/aromatic N) is 3. The monoisotopic (exact) mass is 360 g/mol. The summed E-state index contributed by atoms with van der Waals surface area (Å²) in [6.45, 7) is 5.53. The summed E-state index contributed by atoms with van der Waals surface area (Å²) in [6.07, 6.45) is 1.99. The predicted octanol–water partition coefficient (Wildman–Crippen LogP) is 4.11. The molecule has 3 aromatic rings. The molecule has 1 N–H and O–H groups in total. The molecular formula is C22H24N4O. The van der Waals surface area contributed by atoms with Gasteiger partial charge in [-0.2, -0.15) is 5.10 Å². The van der Waals surface area contributed by atoms with Gasteiger partial charge in [0, 0.05) is 30.1 Å². The average molecular weight is 360 g/mol. The molecule has 1 aromatic heterocycles. The molecule has 1 unspecified atom stereocenters. The van der Waals surface area contributed by atoms with E-state index < -0.39 is 0 Å². The first-order chi connectivity index (χ1) is 13.1. The minimum absolute atomic E-state index is 0.106. The van der Waals surface area contributed by atoms with Crippen molar-refractivity contribution in [1.82, 2.24) is 20.1 Å². The van der Waals surface area contributed by atoms with Crippen molar-refractivity contribution in [2.45, 2.75) is 32.6 Å². The van der Waals surface area contributed by atoms with Crippen LogP contribution in [0.1, 0.15) is 46.1 Å². The molecule has 138 valence electrons. The van der Waals surface area contributed by atoms with Crippen LogP contribution in [0.5, 0.6) is 0 Å². The van der Waals surface area contributed by atoms with Gasteiger partial charge in [0.1, 0.15) is 5.82 Å². The van der Waals surface area contributed by atoms with Crippen LogP contribution in [0.25, 0.3) is 11.4 Å². The van der Waals surface area contributed by atoms with Gasteiger partial charge >= 0.3 is 0 Å². The van der Waals surface area contributed by atoms with Gasteiger partial charge in [0.05, 0.1) is 0 Å². The fourth-order valence-corrected chi connectivity index (χ4v) is 3.84. The quantitative estimate of drug-likeness (QED) is 0.765. The highest BCUT2D eigenvalue weighted by molar-refractivity contribution is 5.94. The Bertz CT molecular complexity index is 928. The van der Waals surface area contributed by atoms with Crippen molar-refractivity contribution in [1.29, 1.82) is 0 Å². The number of benzene rings is 2. The molecule has 2 aromatic carbocycles. The molecule has 1 saturated heterocycles. The zero-order valence-corrected chi connectivity index (χ0v) is 15.8. The lowest BCUT2D eigenvalue weighted by molar-refractivity contribution is 0.0704. The van der Waals surface area contributed by atoms with Gasteiger partial charge in [-0.25, -0.2) is 4.98 Å². The maximum atomic E-state index is 13.0. The Hall–Kier alpha value is -2.95. The molecule has 4 rings (SSSR count). The van der Waals surface area contributed by atoms with Crippen molar-refractivity contribution in [3.05, 3.63) is 71.0 Å². The van der Waals surface area contributed by atoms with Gasteiger partial charge in [-0.3, -0.25) is 9.89 Å². The molecule has 0 saturated carbocycles. The lowest BCUT2D eigenvalue weighted by Crippen LogP contribution is -2.39. The third-order valence-corrected chi connectivity index (χ3v) is 5.10. The third kappa shape index (κ3) is 3.77. The summed E-state index contributed by atoms with van der Waals surface area (Å²) < 4.78 is 0. The van der Waals surface area contributed by atoms with E-state index in [1.807, 2.05) is 61.2 Å². The molecule has 1 atom stereocenters. The second kappa shape index (κ2) is 7.35. The van der Waals surface area contributed by atoms with Crippen LogP contribution in [0, 0.1) is 13.8 Å². The van der Waals surface area contributed by atoms with Crippen LogP contribution in [0.15, 0.2) is 48.5 Å². The Labute approximate surface area is 159 Å². The summed E-state index contributed by atoms with van der Waals surface area (Å²) in [6, 6.07) is 16.0. The normalized spacial score (nSPS) is 17.1. The number of nitrogens with one attached hydrogen (secondary N) is 1. The Balaban J connectivity index is 1.51. The highest BCUT2D eigenvalue weighted by atomic mass is 16.2. The molecule has 1 fully saturated rings. The van der Waals surface area contributed by atoms with Crippen LogP contribution >= 0.6 is 0 Å². The van der Waals surface area contributed by atoms with Crippen LogP contribution < -0.4 is 0 Å². The number of aromatic nitrogens is 3. The number of piperidine rings is 1. The number of rotatable bonds is 3. The number of hydrogen-bond donors (Lipinski definition) is 1. The lowest BCUT2D eigenvalue weighted by Gasteiger charge is -2.32. The van der Waals surface area contributed by atoms with E-state index in [1.165, 1.54) is 0 Å². The number of H-pyrrole nitrogens is 1. The highest BCUT2D eigenvalue weighted by Crippen LogP contribution is 2.27. The fourth-order valence-electron chi connectivity index (χ4n) is 3.84. The standard InChI is InChI=1S/C22H24N4O/c1-15-11-16(2)13-19(12-15)22(27)26-10-6-9-18(14-26)21-23-20(24-25-21)17-7-4-3-5-8-17/h3-5,7-8,11-13,18H,6,9-10,14H2,1-2H3,(H,23,24,25). The van der Waals surface area contributed by atoms with Crippen LogP contribution in [-0.2, 0) is 0 Å². The molecular weight excluding hydrogens is 336 g/mol. The molecule has 1 aliphatic heterocycles. The largest absolute Gasteiger partial charge is 0.338 e. The molecule has 27 heavy (non-hydrogen) atoms. The molecule has 0 spiro atoms. The van der Waals surface area contributed by atoms with Gasteiger partial charge in [-0.15, -0.1) is 0 Å². The van der Waals surface area contributed by atoms with Crippen LogP contribution in [0.3, 0.4) is 0 Å². The first-order valence-corrected chi connectivity index (χ1v) is 9.45. The van der Waals surface area contributed by atoms with Crippen molar-refractivity contribution >= 4 is 5.91 Å². The number of carbonyl (C=O) groups excluding carboxylic acids is 1. The second-order valence-corrected chi connectivity index (χ2v) is 7.38. The minimum Gasteiger partial charge on any atom is -0.338 e. The summed E-state index contributed by atoms with van der Waals surface area (Å²) in [5.74, 6) is 1.88. The first-order valence-electron chi connectivity index (χ1n) is 9.45.